The van der Waals surface area contributed by atoms with E-state index in [4.69, 9.17) is 9.84 Å². The van der Waals surface area contributed by atoms with Crippen LogP contribution in [0.25, 0.3) is 0 Å². The zero-order valence-corrected chi connectivity index (χ0v) is 9.48. The van der Waals surface area contributed by atoms with E-state index in [9.17, 15) is 13.6 Å². The quantitative estimate of drug-likeness (QED) is 0.670. The van der Waals surface area contributed by atoms with Gasteiger partial charge in [0.1, 0.15) is 6.61 Å². The fraction of sp³-hybridized carbons (Fsp3) is 0.900. The monoisotopic (exact) mass is 253 g/mol. The van der Waals surface area contributed by atoms with Crippen molar-refractivity contribution < 1.29 is 28.2 Å². The second-order valence-electron chi connectivity index (χ2n) is 3.73. The lowest BCUT2D eigenvalue weighted by atomic mass is 10.2. The number of nitrogens with zero attached hydrogens (tertiary/aromatic N) is 1. The van der Waals surface area contributed by atoms with Crippen molar-refractivity contribution in [2.75, 3.05) is 39.5 Å². The highest BCUT2D eigenvalue weighted by Crippen LogP contribution is 2.06. The second-order valence-corrected chi connectivity index (χ2v) is 3.73. The highest BCUT2D eigenvalue weighted by molar-refractivity contribution is 5.76. The first-order valence-electron chi connectivity index (χ1n) is 5.49. The highest BCUT2D eigenvalue weighted by atomic mass is 19.3. The maximum absolute atomic E-state index is 11.7. The van der Waals surface area contributed by atoms with Crippen LogP contribution in [0.2, 0.25) is 0 Å². The van der Waals surface area contributed by atoms with Gasteiger partial charge in [-0.25, -0.2) is 8.78 Å². The topological polar surface area (TPSA) is 59.0 Å². The van der Waals surface area contributed by atoms with E-state index in [2.05, 4.69) is 4.74 Å². The largest absolute Gasteiger partial charge is 0.394 e. The SMILES string of the molecule is O=C(CCOCC(F)F)N1CCOC(CO)C1. The minimum atomic E-state index is -2.51. The van der Waals surface area contributed by atoms with Crippen LogP contribution in [-0.4, -0.2) is 68.0 Å². The molecule has 1 aliphatic rings. The van der Waals surface area contributed by atoms with Gasteiger partial charge in [-0.1, -0.05) is 0 Å². The molecule has 0 spiro atoms. The zero-order chi connectivity index (χ0) is 12.7. The standard InChI is InChI=1S/C10H17F2NO4/c11-9(12)7-16-3-1-10(15)13-2-4-17-8(5-13)6-14/h8-9,14H,1-7H2. The Morgan fingerprint density at radius 2 is 2.35 bits per heavy atom. The molecule has 1 amide bonds. The number of morpholine rings is 1. The van der Waals surface area contributed by atoms with Gasteiger partial charge >= 0.3 is 0 Å². The number of aliphatic hydroxyl groups excluding tert-OH is 1. The molecule has 17 heavy (non-hydrogen) atoms. The van der Waals surface area contributed by atoms with Crippen LogP contribution in [0.1, 0.15) is 6.42 Å². The highest BCUT2D eigenvalue weighted by Gasteiger charge is 2.23. The van der Waals surface area contributed by atoms with Gasteiger partial charge in [0.05, 0.1) is 32.3 Å². The molecule has 7 heteroatoms. The molecule has 0 aliphatic carbocycles. The average Bonchev–Trinajstić information content (AvgIpc) is 2.34. The van der Waals surface area contributed by atoms with Crippen molar-refractivity contribution in [3.05, 3.63) is 0 Å². The van der Waals surface area contributed by atoms with Gasteiger partial charge in [-0.15, -0.1) is 0 Å². The smallest absolute Gasteiger partial charge is 0.261 e. The summed E-state index contributed by atoms with van der Waals surface area (Å²) in [5.41, 5.74) is 0. The van der Waals surface area contributed by atoms with Crippen molar-refractivity contribution in [3.8, 4) is 0 Å². The minimum absolute atomic E-state index is 0.00960. The zero-order valence-electron chi connectivity index (χ0n) is 9.48. The van der Waals surface area contributed by atoms with Crippen LogP contribution >= 0.6 is 0 Å². The van der Waals surface area contributed by atoms with E-state index in [1.807, 2.05) is 0 Å². The number of carbonyl (C=O) groups is 1. The number of carbonyl (C=O) groups excluding carboxylic acids is 1. The van der Waals surface area contributed by atoms with Crippen LogP contribution in [-0.2, 0) is 14.3 Å². The minimum Gasteiger partial charge on any atom is -0.394 e. The van der Waals surface area contributed by atoms with Gasteiger partial charge in [0.15, 0.2) is 0 Å². The second kappa shape index (κ2) is 7.52. The molecule has 0 saturated carbocycles. The molecule has 1 aliphatic heterocycles. The maximum atomic E-state index is 11.7. The van der Waals surface area contributed by atoms with Crippen LogP contribution < -0.4 is 0 Å². The Kier molecular flexibility index (Phi) is 6.31. The molecule has 0 aromatic carbocycles. The van der Waals surface area contributed by atoms with Gasteiger partial charge in [0.25, 0.3) is 6.43 Å². The van der Waals surface area contributed by atoms with Crippen LogP contribution in [0, 0.1) is 0 Å². The van der Waals surface area contributed by atoms with Crippen LogP contribution in [0.15, 0.2) is 0 Å². The van der Waals surface area contributed by atoms with Gasteiger partial charge in [-0.2, -0.15) is 0 Å². The van der Waals surface area contributed by atoms with E-state index in [-0.39, 0.29) is 31.6 Å². The van der Waals surface area contributed by atoms with Gasteiger partial charge in [-0.3, -0.25) is 4.79 Å². The lowest BCUT2D eigenvalue weighted by Gasteiger charge is -2.32. The summed E-state index contributed by atoms with van der Waals surface area (Å²) in [5, 5.41) is 8.89. The fourth-order valence-corrected chi connectivity index (χ4v) is 1.55. The van der Waals surface area contributed by atoms with E-state index in [1.54, 1.807) is 4.90 Å². The van der Waals surface area contributed by atoms with E-state index >= 15 is 0 Å². The van der Waals surface area contributed by atoms with Crippen molar-refractivity contribution in [3.63, 3.8) is 0 Å². The van der Waals surface area contributed by atoms with E-state index in [1.165, 1.54) is 0 Å². The summed E-state index contributed by atoms with van der Waals surface area (Å²) in [6.07, 6.45) is -2.79. The van der Waals surface area contributed by atoms with Gasteiger partial charge < -0.3 is 19.5 Å². The molecule has 1 fully saturated rings. The van der Waals surface area contributed by atoms with Crippen molar-refractivity contribution in [2.24, 2.45) is 0 Å². The van der Waals surface area contributed by atoms with E-state index < -0.39 is 13.0 Å². The third-order valence-electron chi connectivity index (χ3n) is 2.40. The van der Waals surface area contributed by atoms with Crippen molar-refractivity contribution >= 4 is 5.91 Å². The first kappa shape index (κ1) is 14.3. The molecule has 1 saturated heterocycles. The van der Waals surface area contributed by atoms with Crippen LogP contribution in [0.5, 0.6) is 0 Å². The number of hydrogen-bond donors (Lipinski definition) is 1. The predicted octanol–water partition coefficient (Wildman–Crippen LogP) is -0.122. The Hall–Kier alpha value is -0.790. The van der Waals surface area contributed by atoms with Gasteiger partial charge in [-0.05, 0) is 0 Å². The molecule has 1 rings (SSSR count). The Bertz CT molecular complexity index is 240. The number of ether oxygens (including phenoxy) is 2. The number of hydrogen-bond acceptors (Lipinski definition) is 4. The third-order valence-corrected chi connectivity index (χ3v) is 2.40. The van der Waals surface area contributed by atoms with Crippen molar-refractivity contribution in [1.29, 1.82) is 0 Å². The molecular formula is C10H17F2NO4. The molecule has 0 radical (unpaired) electrons. The molecule has 0 bridgehead atoms. The lowest BCUT2D eigenvalue weighted by molar-refractivity contribution is -0.141. The Balaban J connectivity index is 2.18. The summed E-state index contributed by atoms with van der Waals surface area (Å²) in [4.78, 5) is 13.2. The Morgan fingerprint density at radius 1 is 1.59 bits per heavy atom. The van der Waals surface area contributed by atoms with Crippen LogP contribution in [0.3, 0.4) is 0 Å². The molecular weight excluding hydrogens is 236 g/mol. The summed E-state index contributed by atoms with van der Waals surface area (Å²) in [5.74, 6) is -0.166. The molecule has 1 heterocycles. The Labute approximate surface area is 98.3 Å². The van der Waals surface area contributed by atoms with Crippen molar-refractivity contribution in [1.82, 2.24) is 4.90 Å². The number of halogens is 2. The van der Waals surface area contributed by atoms with Gasteiger partial charge in [0, 0.05) is 13.1 Å². The predicted molar refractivity (Wildman–Crippen MR) is 54.8 cm³/mol. The normalized spacial score (nSPS) is 20.9. The molecule has 1 atom stereocenters. The number of alkyl halides is 2. The summed E-state index contributed by atoms with van der Waals surface area (Å²) < 4.78 is 33.3. The molecule has 1 unspecified atom stereocenters. The first-order valence-corrected chi connectivity index (χ1v) is 5.49. The maximum Gasteiger partial charge on any atom is 0.261 e. The van der Waals surface area contributed by atoms with E-state index in [0.717, 1.165) is 0 Å². The molecule has 0 aromatic heterocycles. The average molecular weight is 253 g/mol. The number of rotatable bonds is 6. The van der Waals surface area contributed by atoms with Crippen LogP contribution in [0.4, 0.5) is 8.78 Å². The summed E-state index contributed by atoms with van der Waals surface area (Å²) in [6, 6.07) is 0. The van der Waals surface area contributed by atoms with Gasteiger partial charge in [0.2, 0.25) is 5.91 Å². The molecule has 1 N–H and O–H groups in total. The molecule has 100 valence electrons. The fourth-order valence-electron chi connectivity index (χ4n) is 1.55. The first-order chi connectivity index (χ1) is 8.13. The lowest BCUT2D eigenvalue weighted by Crippen LogP contribution is -2.47. The summed E-state index contributed by atoms with van der Waals surface area (Å²) in [6.45, 7) is 0.398. The van der Waals surface area contributed by atoms with Crippen molar-refractivity contribution in [2.45, 2.75) is 19.0 Å². The number of aliphatic hydroxyl groups is 1. The Morgan fingerprint density at radius 3 is 3.00 bits per heavy atom. The van der Waals surface area contributed by atoms with E-state index in [0.29, 0.717) is 19.7 Å². The number of amides is 1. The summed E-state index contributed by atoms with van der Waals surface area (Å²) in [7, 11) is 0. The molecule has 5 nitrogen and oxygen atoms in total. The molecule has 0 aromatic rings. The summed E-state index contributed by atoms with van der Waals surface area (Å²) >= 11 is 0. The third kappa shape index (κ3) is 5.38.